The molecular formula is C13H19N3O. The molecule has 0 aromatic carbocycles. The largest absolute Gasteiger partial charge is 0.373 e. The SMILES string of the molecule is CNc1cc(C(=O)NC2(C)CCCC2)ccn1. The highest BCUT2D eigenvalue weighted by Gasteiger charge is 2.30. The van der Waals surface area contributed by atoms with Crippen molar-refractivity contribution in [2.24, 2.45) is 0 Å². The van der Waals surface area contributed by atoms with Crippen LogP contribution in [0.2, 0.25) is 0 Å². The molecule has 0 aliphatic heterocycles. The molecule has 92 valence electrons. The van der Waals surface area contributed by atoms with Crippen LogP contribution in [0.4, 0.5) is 5.82 Å². The van der Waals surface area contributed by atoms with Crippen molar-refractivity contribution >= 4 is 11.7 Å². The van der Waals surface area contributed by atoms with Crippen molar-refractivity contribution in [1.29, 1.82) is 0 Å². The van der Waals surface area contributed by atoms with E-state index in [4.69, 9.17) is 0 Å². The van der Waals surface area contributed by atoms with Gasteiger partial charge in [-0.2, -0.15) is 0 Å². The number of hydrogen-bond donors (Lipinski definition) is 2. The fourth-order valence-electron chi connectivity index (χ4n) is 2.34. The van der Waals surface area contributed by atoms with Crippen LogP contribution < -0.4 is 10.6 Å². The van der Waals surface area contributed by atoms with E-state index < -0.39 is 0 Å². The van der Waals surface area contributed by atoms with Crippen LogP contribution in [0, 0.1) is 0 Å². The Morgan fingerprint density at radius 3 is 2.76 bits per heavy atom. The molecule has 2 N–H and O–H groups in total. The molecular weight excluding hydrogens is 214 g/mol. The number of anilines is 1. The van der Waals surface area contributed by atoms with Gasteiger partial charge in [0.2, 0.25) is 0 Å². The number of pyridine rings is 1. The first-order valence-corrected chi connectivity index (χ1v) is 6.09. The second kappa shape index (κ2) is 4.73. The number of amides is 1. The van der Waals surface area contributed by atoms with E-state index in [2.05, 4.69) is 22.5 Å². The Morgan fingerprint density at radius 2 is 2.12 bits per heavy atom. The number of carbonyl (C=O) groups excluding carboxylic acids is 1. The number of rotatable bonds is 3. The van der Waals surface area contributed by atoms with Gasteiger partial charge in [-0.3, -0.25) is 4.79 Å². The summed E-state index contributed by atoms with van der Waals surface area (Å²) in [4.78, 5) is 16.2. The number of nitrogens with one attached hydrogen (secondary N) is 2. The lowest BCUT2D eigenvalue weighted by molar-refractivity contribution is 0.0908. The van der Waals surface area contributed by atoms with Crippen molar-refractivity contribution in [3.8, 4) is 0 Å². The van der Waals surface area contributed by atoms with Gasteiger partial charge in [-0.15, -0.1) is 0 Å². The lowest BCUT2D eigenvalue weighted by atomic mass is 10.00. The van der Waals surface area contributed by atoms with Crippen LogP contribution in [0.25, 0.3) is 0 Å². The topological polar surface area (TPSA) is 54.0 Å². The molecule has 0 saturated heterocycles. The lowest BCUT2D eigenvalue weighted by Crippen LogP contribution is -2.43. The highest BCUT2D eigenvalue weighted by molar-refractivity contribution is 5.95. The molecule has 1 aromatic rings. The van der Waals surface area contributed by atoms with E-state index in [1.807, 2.05) is 0 Å². The van der Waals surface area contributed by atoms with Crippen molar-refractivity contribution < 1.29 is 4.79 Å². The fourth-order valence-corrected chi connectivity index (χ4v) is 2.34. The van der Waals surface area contributed by atoms with E-state index in [0.29, 0.717) is 11.4 Å². The highest BCUT2D eigenvalue weighted by Crippen LogP contribution is 2.29. The molecule has 1 aliphatic carbocycles. The van der Waals surface area contributed by atoms with Crippen LogP contribution in [0.3, 0.4) is 0 Å². The van der Waals surface area contributed by atoms with Crippen LogP contribution in [-0.2, 0) is 0 Å². The summed E-state index contributed by atoms with van der Waals surface area (Å²) in [6.07, 6.45) is 6.20. The number of hydrogen-bond acceptors (Lipinski definition) is 3. The van der Waals surface area contributed by atoms with Crippen molar-refractivity contribution in [3.05, 3.63) is 23.9 Å². The molecule has 1 heterocycles. The van der Waals surface area contributed by atoms with Gasteiger partial charge in [0.15, 0.2) is 0 Å². The van der Waals surface area contributed by atoms with Crippen LogP contribution >= 0.6 is 0 Å². The maximum Gasteiger partial charge on any atom is 0.251 e. The Bertz CT molecular complexity index is 411. The third kappa shape index (κ3) is 2.75. The standard InChI is InChI=1S/C13H19N3O/c1-13(6-3-4-7-13)16-12(17)10-5-8-15-11(9-10)14-2/h5,8-9H,3-4,6-7H2,1-2H3,(H,14,15)(H,16,17). The predicted octanol–water partition coefficient (Wildman–Crippen LogP) is 2.19. The van der Waals surface area contributed by atoms with Crippen LogP contribution in [-0.4, -0.2) is 23.5 Å². The maximum absolute atomic E-state index is 12.1. The van der Waals surface area contributed by atoms with Gasteiger partial charge in [-0.1, -0.05) is 12.8 Å². The molecule has 1 saturated carbocycles. The van der Waals surface area contributed by atoms with E-state index in [9.17, 15) is 4.79 Å². The first-order chi connectivity index (χ1) is 8.13. The zero-order chi connectivity index (χ0) is 12.3. The van der Waals surface area contributed by atoms with Gasteiger partial charge >= 0.3 is 0 Å². The van der Waals surface area contributed by atoms with Gasteiger partial charge in [0.05, 0.1) is 0 Å². The Hall–Kier alpha value is -1.58. The Morgan fingerprint density at radius 1 is 1.41 bits per heavy atom. The zero-order valence-corrected chi connectivity index (χ0v) is 10.4. The Kier molecular flexibility index (Phi) is 3.31. The third-order valence-electron chi connectivity index (χ3n) is 3.40. The van der Waals surface area contributed by atoms with Crippen LogP contribution in [0.5, 0.6) is 0 Å². The van der Waals surface area contributed by atoms with E-state index in [1.165, 1.54) is 12.8 Å². The highest BCUT2D eigenvalue weighted by atomic mass is 16.1. The van der Waals surface area contributed by atoms with E-state index >= 15 is 0 Å². The quantitative estimate of drug-likeness (QED) is 0.841. The molecule has 0 unspecified atom stereocenters. The maximum atomic E-state index is 12.1. The fraction of sp³-hybridized carbons (Fsp3) is 0.538. The molecule has 1 amide bonds. The van der Waals surface area contributed by atoms with Gasteiger partial charge in [0, 0.05) is 24.3 Å². The van der Waals surface area contributed by atoms with Gasteiger partial charge in [-0.25, -0.2) is 4.98 Å². The van der Waals surface area contributed by atoms with E-state index in [0.717, 1.165) is 12.8 Å². The Balaban J connectivity index is 2.08. The molecule has 0 radical (unpaired) electrons. The molecule has 4 heteroatoms. The molecule has 1 aromatic heterocycles. The zero-order valence-electron chi connectivity index (χ0n) is 10.4. The second-order valence-electron chi connectivity index (χ2n) is 4.90. The predicted molar refractivity (Wildman–Crippen MR) is 68.1 cm³/mol. The molecule has 17 heavy (non-hydrogen) atoms. The summed E-state index contributed by atoms with van der Waals surface area (Å²) in [5.41, 5.74) is 0.637. The van der Waals surface area contributed by atoms with Crippen LogP contribution in [0.15, 0.2) is 18.3 Å². The van der Waals surface area contributed by atoms with Gasteiger partial charge in [0.25, 0.3) is 5.91 Å². The summed E-state index contributed by atoms with van der Waals surface area (Å²) in [6, 6.07) is 3.52. The molecule has 0 spiro atoms. The van der Waals surface area contributed by atoms with Crippen molar-refractivity contribution in [2.75, 3.05) is 12.4 Å². The molecule has 4 nitrogen and oxygen atoms in total. The average Bonchev–Trinajstić information content (AvgIpc) is 2.76. The normalized spacial score (nSPS) is 17.8. The summed E-state index contributed by atoms with van der Waals surface area (Å²) < 4.78 is 0. The van der Waals surface area contributed by atoms with Gasteiger partial charge < -0.3 is 10.6 Å². The summed E-state index contributed by atoms with van der Waals surface area (Å²) in [6.45, 7) is 2.12. The number of nitrogens with zero attached hydrogens (tertiary/aromatic N) is 1. The average molecular weight is 233 g/mol. The van der Waals surface area contributed by atoms with Crippen molar-refractivity contribution in [3.63, 3.8) is 0 Å². The first-order valence-electron chi connectivity index (χ1n) is 6.09. The lowest BCUT2D eigenvalue weighted by Gasteiger charge is -2.25. The van der Waals surface area contributed by atoms with Crippen molar-refractivity contribution in [2.45, 2.75) is 38.1 Å². The van der Waals surface area contributed by atoms with E-state index in [1.54, 1.807) is 25.4 Å². The minimum absolute atomic E-state index is 0.00620. The summed E-state index contributed by atoms with van der Waals surface area (Å²) in [5.74, 6) is 0.711. The Labute approximate surface area is 102 Å². The van der Waals surface area contributed by atoms with Crippen LogP contribution in [0.1, 0.15) is 43.0 Å². The minimum atomic E-state index is -0.0276. The van der Waals surface area contributed by atoms with E-state index in [-0.39, 0.29) is 11.4 Å². The number of aromatic nitrogens is 1. The summed E-state index contributed by atoms with van der Waals surface area (Å²) in [5, 5.41) is 6.06. The third-order valence-corrected chi connectivity index (χ3v) is 3.40. The number of carbonyl (C=O) groups is 1. The summed E-state index contributed by atoms with van der Waals surface area (Å²) >= 11 is 0. The van der Waals surface area contributed by atoms with Gasteiger partial charge in [-0.05, 0) is 31.9 Å². The molecule has 0 bridgehead atoms. The first kappa shape index (κ1) is 11.9. The monoisotopic (exact) mass is 233 g/mol. The smallest absolute Gasteiger partial charge is 0.251 e. The summed E-state index contributed by atoms with van der Waals surface area (Å²) in [7, 11) is 1.79. The molecule has 1 fully saturated rings. The second-order valence-corrected chi connectivity index (χ2v) is 4.90. The minimum Gasteiger partial charge on any atom is -0.373 e. The van der Waals surface area contributed by atoms with Crippen molar-refractivity contribution in [1.82, 2.24) is 10.3 Å². The molecule has 1 aliphatic rings. The molecule has 0 atom stereocenters. The van der Waals surface area contributed by atoms with Gasteiger partial charge in [0.1, 0.15) is 5.82 Å². The molecule has 2 rings (SSSR count).